The number of ether oxygens (including phenoxy) is 1. The van der Waals surface area contributed by atoms with E-state index in [4.69, 9.17) is 10.00 Å². The summed E-state index contributed by atoms with van der Waals surface area (Å²) in [5, 5.41) is 11.8. The maximum absolute atomic E-state index is 12.2. The molecule has 21 heavy (non-hydrogen) atoms. The van der Waals surface area contributed by atoms with Gasteiger partial charge < -0.3 is 10.1 Å². The molecule has 1 fully saturated rings. The Balaban J connectivity index is 1.88. The quantitative estimate of drug-likeness (QED) is 0.925. The summed E-state index contributed by atoms with van der Waals surface area (Å²) in [6, 6.07) is 9.11. The number of hydrogen-bond acceptors (Lipinski definition) is 3. The van der Waals surface area contributed by atoms with Crippen molar-refractivity contribution in [1.29, 1.82) is 5.26 Å². The molecular formula is C17H22N2O2. The molecule has 3 atom stereocenters. The molecule has 4 heteroatoms. The lowest BCUT2D eigenvalue weighted by Gasteiger charge is -2.30. The van der Waals surface area contributed by atoms with Gasteiger partial charge in [-0.1, -0.05) is 19.8 Å². The number of hydrogen-bond donors (Lipinski definition) is 1. The summed E-state index contributed by atoms with van der Waals surface area (Å²) in [6.45, 7) is 3.94. The van der Waals surface area contributed by atoms with Gasteiger partial charge in [-0.15, -0.1) is 0 Å². The summed E-state index contributed by atoms with van der Waals surface area (Å²) in [6.07, 6.45) is 4.13. The maximum atomic E-state index is 12.2. The largest absolute Gasteiger partial charge is 0.481 e. The first-order valence-electron chi connectivity index (χ1n) is 7.57. The number of carbonyl (C=O) groups is 1. The topological polar surface area (TPSA) is 62.1 Å². The molecule has 0 bridgehead atoms. The van der Waals surface area contributed by atoms with Crippen molar-refractivity contribution >= 4 is 5.91 Å². The zero-order valence-electron chi connectivity index (χ0n) is 12.6. The van der Waals surface area contributed by atoms with Gasteiger partial charge in [-0.3, -0.25) is 4.79 Å². The van der Waals surface area contributed by atoms with Crippen molar-refractivity contribution in [3.8, 4) is 11.8 Å². The van der Waals surface area contributed by atoms with Gasteiger partial charge in [0.15, 0.2) is 6.10 Å². The minimum absolute atomic E-state index is 0.0712. The Labute approximate surface area is 126 Å². The Morgan fingerprint density at radius 3 is 2.62 bits per heavy atom. The van der Waals surface area contributed by atoms with Crippen molar-refractivity contribution in [2.75, 3.05) is 0 Å². The van der Waals surface area contributed by atoms with Crippen LogP contribution in [0.25, 0.3) is 0 Å². The highest BCUT2D eigenvalue weighted by Crippen LogP contribution is 2.24. The Hall–Kier alpha value is -2.02. The van der Waals surface area contributed by atoms with Gasteiger partial charge in [0, 0.05) is 6.04 Å². The smallest absolute Gasteiger partial charge is 0.261 e. The van der Waals surface area contributed by atoms with Crippen molar-refractivity contribution in [3.05, 3.63) is 29.8 Å². The van der Waals surface area contributed by atoms with Crippen LogP contribution in [0.15, 0.2) is 24.3 Å². The van der Waals surface area contributed by atoms with Crippen molar-refractivity contribution in [2.45, 2.75) is 51.7 Å². The highest BCUT2D eigenvalue weighted by atomic mass is 16.5. The van der Waals surface area contributed by atoms with E-state index in [1.807, 2.05) is 0 Å². The van der Waals surface area contributed by atoms with Crippen LogP contribution in [0, 0.1) is 17.2 Å². The molecule has 0 heterocycles. The predicted octanol–water partition coefficient (Wildman–Crippen LogP) is 3.02. The number of nitrogens with zero attached hydrogens (tertiary/aromatic N) is 1. The van der Waals surface area contributed by atoms with Gasteiger partial charge >= 0.3 is 0 Å². The van der Waals surface area contributed by atoms with Gasteiger partial charge in [0.2, 0.25) is 0 Å². The molecule has 1 saturated carbocycles. The predicted molar refractivity (Wildman–Crippen MR) is 80.8 cm³/mol. The molecular weight excluding hydrogens is 264 g/mol. The Bertz CT molecular complexity index is 519. The molecule has 1 aliphatic rings. The van der Waals surface area contributed by atoms with Gasteiger partial charge in [-0.05, 0) is 49.9 Å². The van der Waals surface area contributed by atoms with Crippen molar-refractivity contribution in [1.82, 2.24) is 5.32 Å². The third kappa shape index (κ3) is 4.22. The van der Waals surface area contributed by atoms with Gasteiger partial charge in [-0.25, -0.2) is 0 Å². The lowest BCUT2D eigenvalue weighted by molar-refractivity contribution is -0.128. The summed E-state index contributed by atoms with van der Waals surface area (Å²) >= 11 is 0. The lowest BCUT2D eigenvalue weighted by Crippen LogP contribution is -2.46. The number of rotatable bonds is 4. The zero-order valence-corrected chi connectivity index (χ0v) is 12.6. The molecule has 1 amide bonds. The first kappa shape index (κ1) is 15.4. The Morgan fingerprint density at radius 2 is 2.00 bits per heavy atom. The van der Waals surface area contributed by atoms with E-state index in [0.717, 1.165) is 6.42 Å². The number of nitrogens with one attached hydrogen (secondary N) is 1. The van der Waals surface area contributed by atoms with E-state index >= 15 is 0 Å². The normalized spacial score (nSPS) is 22.9. The second-order valence-corrected chi connectivity index (χ2v) is 5.77. The van der Waals surface area contributed by atoms with E-state index in [2.05, 4.69) is 18.3 Å². The molecule has 112 valence electrons. The third-order valence-electron chi connectivity index (χ3n) is 4.10. The number of nitriles is 1. The summed E-state index contributed by atoms with van der Waals surface area (Å²) in [5.74, 6) is 1.07. The molecule has 0 spiro atoms. The molecule has 2 rings (SSSR count). The highest BCUT2D eigenvalue weighted by molar-refractivity contribution is 5.81. The Kier molecular flexibility index (Phi) is 5.21. The van der Waals surface area contributed by atoms with Crippen LogP contribution >= 0.6 is 0 Å². The van der Waals surface area contributed by atoms with Crippen molar-refractivity contribution < 1.29 is 9.53 Å². The first-order chi connectivity index (χ1) is 10.1. The van der Waals surface area contributed by atoms with Crippen LogP contribution in [0.5, 0.6) is 5.75 Å². The van der Waals surface area contributed by atoms with Gasteiger partial charge in [0.05, 0.1) is 11.6 Å². The van der Waals surface area contributed by atoms with Crippen molar-refractivity contribution in [3.63, 3.8) is 0 Å². The highest BCUT2D eigenvalue weighted by Gasteiger charge is 2.25. The molecule has 1 aromatic carbocycles. The van der Waals surface area contributed by atoms with E-state index in [-0.39, 0.29) is 11.9 Å². The SMILES string of the molecule is C[C@@H](Oc1ccc(C#N)cc1)C(=O)N[C@@H]1CCCC[C@@H]1C. The molecule has 1 aliphatic carbocycles. The monoisotopic (exact) mass is 286 g/mol. The molecule has 1 aromatic rings. The molecule has 0 saturated heterocycles. The standard InChI is InChI=1S/C17H22N2O2/c1-12-5-3-4-6-16(12)19-17(20)13(2)21-15-9-7-14(11-18)8-10-15/h7-10,12-13,16H,3-6H2,1-2H3,(H,19,20)/t12-,13+,16+/m0/s1. The van der Waals surface area contributed by atoms with E-state index < -0.39 is 6.10 Å². The summed E-state index contributed by atoms with van der Waals surface area (Å²) in [4.78, 5) is 12.2. The fraction of sp³-hybridized carbons (Fsp3) is 0.529. The average molecular weight is 286 g/mol. The van der Waals surface area contributed by atoms with Crippen LogP contribution < -0.4 is 10.1 Å². The lowest BCUT2D eigenvalue weighted by atomic mass is 9.86. The van der Waals surface area contributed by atoms with Crippen LogP contribution in [0.1, 0.15) is 45.1 Å². The van der Waals surface area contributed by atoms with Gasteiger partial charge in [-0.2, -0.15) is 5.26 Å². The second kappa shape index (κ2) is 7.12. The van der Waals surface area contributed by atoms with Crippen LogP contribution in [-0.2, 0) is 4.79 Å². The van der Waals surface area contributed by atoms with Crippen LogP contribution in [0.4, 0.5) is 0 Å². The third-order valence-corrected chi connectivity index (χ3v) is 4.10. The zero-order chi connectivity index (χ0) is 15.2. The van der Waals surface area contributed by atoms with E-state index in [9.17, 15) is 4.79 Å². The summed E-state index contributed by atoms with van der Waals surface area (Å²) < 4.78 is 5.63. The maximum Gasteiger partial charge on any atom is 0.261 e. The van der Waals surface area contributed by atoms with Crippen molar-refractivity contribution in [2.24, 2.45) is 5.92 Å². The van der Waals surface area contributed by atoms with Gasteiger partial charge in [0.1, 0.15) is 5.75 Å². The van der Waals surface area contributed by atoms with E-state index in [0.29, 0.717) is 17.2 Å². The van der Waals surface area contributed by atoms with Crippen LogP contribution in [0.3, 0.4) is 0 Å². The van der Waals surface area contributed by atoms with E-state index in [1.165, 1.54) is 19.3 Å². The molecule has 1 N–H and O–H groups in total. The summed E-state index contributed by atoms with van der Waals surface area (Å²) in [7, 11) is 0. The summed E-state index contributed by atoms with van der Waals surface area (Å²) in [5.41, 5.74) is 0.579. The number of carbonyl (C=O) groups excluding carboxylic acids is 1. The fourth-order valence-corrected chi connectivity index (χ4v) is 2.70. The fourth-order valence-electron chi connectivity index (χ4n) is 2.70. The van der Waals surface area contributed by atoms with Crippen LogP contribution in [-0.4, -0.2) is 18.1 Å². The minimum atomic E-state index is -0.535. The Morgan fingerprint density at radius 1 is 1.33 bits per heavy atom. The molecule has 0 aliphatic heterocycles. The first-order valence-corrected chi connectivity index (χ1v) is 7.57. The van der Waals surface area contributed by atoms with Gasteiger partial charge in [0.25, 0.3) is 5.91 Å². The molecule has 0 aromatic heterocycles. The number of amides is 1. The van der Waals surface area contributed by atoms with Crippen LogP contribution in [0.2, 0.25) is 0 Å². The molecule has 0 unspecified atom stereocenters. The molecule has 0 radical (unpaired) electrons. The number of benzene rings is 1. The minimum Gasteiger partial charge on any atom is -0.481 e. The van der Waals surface area contributed by atoms with E-state index in [1.54, 1.807) is 31.2 Å². The molecule has 4 nitrogen and oxygen atoms in total. The average Bonchev–Trinajstić information content (AvgIpc) is 2.50. The second-order valence-electron chi connectivity index (χ2n) is 5.77.